The van der Waals surface area contributed by atoms with E-state index in [4.69, 9.17) is 18.9 Å². The molecule has 6 rings (SSSR count). The molecular weight excluding hydrogens is 592 g/mol. The van der Waals surface area contributed by atoms with Crippen molar-refractivity contribution >= 4 is 5.97 Å². The van der Waals surface area contributed by atoms with Crippen LogP contribution in [0.15, 0.2) is 12.2 Å². The first-order valence-electron chi connectivity index (χ1n) is 16.3. The Hall–Kier alpha value is -1.23. The van der Waals surface area contributed by atoms with E-state index in [0.29, 0.717) is 25.7 Å². The second kappa shape index (κ2) is 11.7. The molecule has 13 nitrogen and oxygen atoms in total. The van der Waals surface area contributed by atoms with Crippen molar-refractivity contribution in [3.05, 3.63) is 12.2 Å². The number of rotatable bonds is 6. The molecule has 0 aromatic carbocycles. The number of ether oxygens (including phenoxy) is 4. The first-order valence-corrected chi connectivity index (χ1v) is 16.3. The van der Waals surface area contributed by atoms with Crippen LogP contribution in [0.3, 0.4) is 0 Å². The second-order valence-electron chi connectivity index (χ2n) is 15.2. The van der Waals surface area contributed by atoms with Gasteiger partial charge in [-0.25, -0.2) is 0 Å². The van der Waals surface area contributed by atoms with E-state index in [1.165, 1.54) is 0 Å². The average Bonchev–Trinajstić information content (AvgIpc) is 3.20. The molecule has 0 radical (unpaired) electrons. The normalized spacial score (nSPS) is 54.7. The van der Waals surface area contributed by atoms with Crippen LogP contribution >= 0.6 is 0 Å². The van der Waals surface area contributed by atoms with Gasteiger partial charge < -0.3 is 59.8 Å². The highest BCUT2D eigenvalue weighted by molar-refractivity contribution is 5.77. The van der Waals surface area contributed by atoms with Crippen molar-refractivity contribution in [2.75, 3.05) is 13.2 Å². The van der Waals surface area contributed by atoms with Crippen LogP contribution in [0.25, 0.3) is 0 Å². The predicted molar refractivity (Wildman–Crippen MR) is 154 cm³/mol. The standard InChI is InChI=1S/C32H50O13/c1-15-11-31-9-5-18-29(2,7-4-8-30(18,3)28(41)44-26-24(39)22(37)20(35)16(12-33)42-26)19(31)6-10-32(15,14-31)45-27-25(40)23(38)21(36)17(13-34)43-27/h16-27,33-40H,1,4-14H2,2-3H3/t16?,17-,18+,19+,20-,21?,22?,23?,24+,25-,26+,27?,29-,30-,31-,32+/m1/s1. The lowest BCUT2D eigenvalue weighted by atomic mass is 9.41. The fraction of sp³-hybridized carbons (Fsp3) is 0.906. The van der Waals surface area contributed by atoms with Crippen molar-refractivity contribution in [3.63, 3.8) is 0 Å². The van der Waals surface area contributed by atoms with Crippen molar-refractivity contribution in [3.8, 4) is 0 Å². The topological polar surface area (TPSA) is 216 Å². The Balaban J connectivity index is 1.20. The molecule has 2 bridgehead atoms. The minimum atomic E-state index is -1.67. The van der Waals surface area contributed by atoms with Crippen LogP contribution in [-0.4, -0.2) is 127 Å². The summed E-state index contributed by atoms with van der Waals surface area (Å²) in [6.45, 7) is 7.41. The summed E-state index contributed by atoms with van der Waals surface area (Å²) in [4.78, 5) is 13.9. The van der Waals surface area contributed by atoms with Gasteiger partial charge >= 0.3 is 5.97 Å². The smallest absolute Gasteiger partial charge is 0.314 e. The minimum Gasteiger partial charge on any atom is -0.432 e. The van der Waals surface area contributed by atoms with Gasteiger partial charge in [0.1, 0.15) is 48.8 Å². The van der Waals surface area contributed by atoms with Crippen molar-refractivity contribution in [2.45, 2.75) is 139 Å². The summed E-state index contributed by atoms with van der Waals surface area (Å²) in [5.41, 5.74) is -1.20. The quantitative estimate of drug-likeness (QED) is 0.102. The van der Waals surface area contributed by atoms with Gasteiger partial charge in [0.15, 0.2) is 6.29 Å². The van der Waals surface area contributed by atoms with Crippen LogP contribution in [0.1, 0.15) is 71.6 Å². The highest BCUT2D eigenvalue weighted by atomic mass is 16.7. The Labute approximate surface area is 262 Å². The maximum atomic E-state index is 13.9. The van der Waals surface area contributed by atoms with Crippen LogP contribution in [-0.2, 0) is 23.7 Å². The summed E-state index contributed by atoms with van der Waals surface area (Å²) in [6, 6.07) is 0. The zero-order valence-corrected chi connectivity index (χ0v) is 26.0. The maximum absolute atomic E-state index is 13.9. The third-order valence-electron chi connectivity index (χ3n) is 12.9. The number of carbonyl (C=O) groups excluding carboxylic acids is 1. The van der Waals surface area contributed by atoms with Gasteiger partial charge in [-0.2, -0.15) is 0 Å². The molecule has 5 unspecified atom stereocenters. The lowest BCUT2D eigenvalue weighted by molar-refractivity contribution is -0.327. The number of aliphatic hydroxyl groups is 8. The van der Waals surface area contributed by atoms with Crippen LogP contribution in [0.4, 0.5) is 0 Å². The Kier molecular flexibility index (Phi) is 8.77. The van der Waals surface area contributed by atoms with Gasteiger partial charge in [0, 0.05) is 0 Å². The molecule has 16 atom stereocenters. The van der Waals surface area contributed by atoms with Crippen molar-refractivity contribution in [2.24, 2.45) is 28.1 Å². The average molecular weight is 643 g/mol. The van der Waals surface area contributed by atoms with E-state index in [0.717, 1.165) is 37.7 Å². The van der Waals surface area contributed by atoms with Gasteiger partial charge in [0.05, 0.1) is 24.2 Å². The van der Waals surface area contributed by atoms with Crippen molar-refractivity contribution < 1.29 is 64.6 Å². The molecule has 0 aromatic rings. The zero-order chi connectivity index (χ0) is 32.7. The lowest BCUT2D eigenvalue weighted by Crippen LogP contribution is -2.63. The number of carbonyl (C=O) groups is 1. The number of hydrogen-bond donors (Lipinski definition) is 8. The summed E-state index contributed by atoms with van der Waals surface area (Å²) in [5, 5.41) is 81.4. The summed E-state index contributed by atoms with van der Waals surface area (Å²) in [5.74, 6) is -0.348. The number of aliphatic hydroxyl groups excluding tert-OH is 8. The third-order valence-corrected chi connectivity index (χ3v) is 12.9. The molecule has 256 valence electrons. The first-order chi connectivity index (χ1) is 21.2. The van der Waals surface area contributed by atoms with Gasteiger partial charge in [-0.15, -0.1) is 0 Å². The van der Waals surface area contributed by atoms with Crippen molar-refractivity contribution in [1.82, 2.24) is 0 Å². The highest BCUT2D eigenvalue weighted by Gasteiger charge is 2.69. The van der Waals surface area contributed by atoms with E-state index in [1.807, 2.05) is 6.92 Å². The largest absolute Gasteiger partial charge is 0.432 e. The van der Waals surface area contributed by atoms with Crippen LogP contribution < -0.4 is 0 Å². The number of fused-ring (bicyclic) bond motifs is 3. The second-order valence-corrected chi connectivity index (χ2v) is 15.2. The molecule has 8 N–H and O–H groups in total. The molecule has 4 aliphatic carbocycles. The summed E-state index contributed by atoms with van der Waals surface area (Å²) >= 11 is 0. The van der Waals surface area contributed by atoms with E-state index in [2.05, 4.69) is 13.5 Å². The molecule has 0 amide bonds. The van der Waals surface area contributed by atoms with Crippen LogP contribution in [0, 0.1) is 28.1 Å². The molecular formula is C32H50O13. The summed E-state index contributed by atoms with van der Waals surface area (Å²) in [6.07, 6.45) is -7.82. The minimum absolute atomic E-state index is 0.0421. The highest BCUT2D eigenvalue weighted by Crippen LogP contribution is 2.73. The van der Waals surface area contributed by atoms with Gasteiger partial charge in [-0.1, -0.05) is 19.9 Å². The van der Waals surface area contributed by atoms with E-state index in [-0.39, 0.29) is 22.7 Å². The predicted octanol–water partition coefficient (Wildman–Crippen LogP) is -0.762. The fourth-order valence-electron chi connectivity index (χ4n) is 10.5. The Morgan fingerprint density at radius 2 is 1.38 bits per heavy atom. The molecule has 6 fully saturated rings. The van der Waals surface area contributed by atoms with Gasteiger partial charge in [-0.3, -0.25) is 4.79 Å². The SMILES string of the molecule is C=C1C[C@@]23CC[C@H]4[C@@](C)(CCC[C@@]4(C)C(=O)O[C@@H]4OC(CO)[C@@H](O)C(O)[C@@H]4O)[C@@H]2CC[C@]1(OC1O[C@H](CO)C(O)C(O)[C@H]1O)C3. The molecule has 6 aliphatic rings. The Morgan fingerprint density at radius 1 is 0.800 bits per heavy atom. The van der Waals surface area contributed by atoms with Crippen molar-refractivity contribution in [1.29, 1.82) is 0 Å². The van der Waals surface area contributed by atoms with Crippen LogP contribution in [0.2, 0.25) is 0 Å². The van der Waals surface area contributed by atoms with Gasteiger partial charge in [0.2, 0.25) is 6.29 Å². The molecule has 45 heavy (non-hydrogen) atoms. The fourth-order valence-corrected chi connectivity index (χ4v) is 10.5. The summed E-state index contributed by atoms with van der Waals surface area (Å²) in [7, 11) is 0. The Bertz CT molecular complexity index is 1150. The van der Waals surface area contributed by atoms with E-state index < -0.39 is 91.6 Å². The maximum Gasteiger partial charge on any atom is 0.314 e. The zero-order valence-electron chi connectivity index (χ0n) is 26.0. The molecule has 1 spiro atoms. The third kappa shape index (κ3) is 5.04. The van der Waals surface area contributed by atoms with E-state index in [1.54, 1.807) is 0 Å². The first kappa shape index (κ1) is 33.7. The monoisotopic (exact) mass is 642 g/mol. The van der Waals surface area contributed by atoms with E-state index in [9.17, 15) is 45.6 Å². The number of esters is 1. The van der Waals surface area contributed by atoms with E-state index >= 15 is 0 Å². The number of hydrogen-bond acceptors (Lipinski definition) is 13. The Morgan fingerprint density at radius 3 is 2.00 bits per heavy atom. The molecule has 2 saturated heterocycles. The van der Waals surface area contributed by atoms with Gasteiger partial charge in [-0.05, 0) is 86.5 Å². The molecule has 2 heterocycles. The molecule has 2 aliphatic heterocycles. The molecule has 13 heteroatoms. The molecule has 4 saturated carbocycles. The lowest BCUT2D eigenvalue weighted by Gasteiger charge is -2.64. The van der Waals surface area contributed by atoms with Gasteiger partial charge in [0.25, 0.3) is 0 Å². The summed E-state index contributed by atoms with van der Waals surface area (Å²) < 4.78 is 23.4. The van der Waals surface area contributed by atoms with Crippen LogP contribution in [0.5, 0.6) is 0 Å². The molecule has 0 aromatic heterocycles.